The predicted molar refractivity (Wildman–Crippen MR) is 130 cm³/mol. The van der Waals surface area contributed by atoms with Gasteiger partial charge in [0, 0.05) is 50.6 Å². The molecule has 0 spiro atoms. The predicted octanol–water partition coefficient (Wildman–Crippen LogP) is 4.71. The summed E-state index contributed by atoms with van der Waals surface area (Å²) in [5, 5.41) is 8.15. The van der Waals surface area contributed by atoms with Crippen molar-refractivity contribution in [2.45, 2.75) is 44.4 Å². The van der Waals surface area contributed by atoms with Gasteiger partial charge in [-0.25, -0.2) is 4.98 Å². The van der Waals surface area contributed by atoms with Crippen molar-refractivity contribution < 1.29 is 13.2 Å². The molecule has 1 fully saturated rings. The lowest BCUT2D eigenvalue weighted by Gasteiger charge is -2.37. The fourth-order valence-electron chi connectivity index (χ4n) is 3.61. The average Bonchev–Trinajstić information content (AvgIpc) is 3.23. The van der Waals surface area contributed by atoms with Gasteiger partial charge < -0.3 is 10.6 Å². The third kappa shape index (κ3) is 7.60. The molecule has 3 rings (SSSR count). The number of benzene rings is 1. The molecule has 1 unspecified atom stereocenters. The number of alkyl halides is 3. The number of nitrogens with one attached hydrogen (secondary N) is 2. The minimum absolute atomic E-state index is 0. The molecular formula is C21H29F3IN5S. The van der Waals surface area contributed by atoms with Crippen LogP contribution in [-0.2, 0) is 12.6 Å². The van der Waals surface area contributed by atoms with Gasteiger partial charge in [-0.1, -0.05) is 30.3 Å². The molecule has 2 aromatic rings. The molecule has 1 aromatic heterocycles. The molecule has 1 aromatic carbocycles. The molecule has 5 nitrogen and oxygen atoms in total. The van der Waals surface area contributed by atoms with Crippen molar-refractivity contribution in [2.24, 2.45) is 4.99 Å². The van der Waals surface area contributed by atoms with E-state index in [1.54, 1.807) is 7.05 Å². The molecule has 0 bridgehead atoms. The van der Waals surface area contributed by atoms with E-state index in [2.05, 4.69) is 56.7 Å². The molecule has 1 aliphatic heterocycles. The van der Waals surface area contributed by atoms with Crippen molar-refractivity contribution in [1.82, 2.24) is 20.5 Å². The first-order valence-electron chi connectivity index (χ1n) is 10.1. The Morgan fingerprint density at radius 1 is 1.26 bits per heavy atom. The second kappa shape index (κ2) is 12.0. The summed E-state index contributed by atoms with van der Waals surface area (Å²) in [6, 6.07) is 11.2. The maximum absolute atomic E-state index is 12.6. The number of rotatable bonds is 6. The number of nitrogens with zero attached hydrogens (tertiary/aromatic N) is 3. The lowest BCUT2D eigenvalue weighted by atomic mass is 10.0. The van der Waals surface area contributed by atoms with Gasteiger partial charge in [0.15, 0.2) is 11.7 Å². The Balaban J connectivity index is 0.00000341. The third-order valence-electron chi connectivity index (χ3n) is 5.40. The van der Waals surface area contributed by atoms with Crippen LogP contribution in [0.15, 0.2) is 40.7 Å². The van der Waals surface area contributed by atoms with Crippen LogP contribution in [0.3, 0.4) is 0 Å². The lowest BCUT2D eigenvalue weighted by molar-refractivity contribution is -0.140. The Hall–Kier alpha value is -1.40. The number of hydrogen-bond donors (Lipinski definition) is 2. The summed E-state index contributed by atoms with van der Waals surface area (Å²) in [5.74, 6) is 0.678. The summed E-state index contributed by atoms with van der Waals surface area (Å²) in [4.78, 5) is 10.4. The zero-order valence-electron chi connectivity index (χ0n) is 17.7. The van der Waals surface area contributed by atoms with E-state index in [9.17, 15) is 13.2 Å². The molecule has 0 aliphatic carbocycles. The molecule has 1 saturated heterocycles. The van der Waals surface area contributed by atoms with Crippen LogP contribution < -0.4 is 10.6 Å². The van der Waals surface area contributed by atoms with Gasteiger partial charge in [0.1, 0.15) is 0 Å². The summed E-state index contributed by atoms with van der Waals surface area (Å²) in [6.07, 6.45) is -1.93. The maximum Gasteiger partial charge on any atom is 0.434 e. The van der Waals surface area contributed by atoms with E-state index in [0.717, 1.165) is 42.6 Å². The number of likely N-dealkylation sites (tertiary alicyclic amines) is 1. The molecule has 31 heavy (non-hydrogen) atoms. The van der Waals surface area contributed by atoms with Crippen LogP contribution in [0.4, 0.5) is 13.2 Å². The van der Waals surface area contributed by atoms with E-state index in [4.69, 9.17) is 0 Å². The van der Waals surface area contributed by atoms with Gasteiger partial charge in [0.2, 0.25) is 0 Å². The van der Waals surface area contributed by atoms with Crippen LogP contribution in [0.1, 0.15) is 42.1 Å². The summed E-state index contributed by atoms with van der Waals surface area (Å²) >= 11 is 1.04. The van der Waals surface area contributed by atoms with Crippen LogP contribution in [-0.4, -0.2) is 48.6 Å². The first-order chi connectivity index (χ1) is 14.4. The zero-order valence-corrected chi connectivity index (χ0v) is 20.8. The zero-order chi connectivity index (χ0) is 21.6. The number of hydrogen-bond acceptors (Lipinski definition) is 4. The standard InChI is InChI=1S/C21H28F3N5S.HI/c1-15(16-6-4-3-5-7-16)29-12-9-17(10-13-29)27-20(25-2)26-11-8-19-28-18(14-30-19)21(22,23)24;/h3-7,14-15,17H,8-13H2,1-2H3,(H2,25,26,27);1H. The number of piperidine rings is 1. The van der Waals surface area contributed by atoms with E-state index < -0.39 is 11.9 Å². The number of thiazole rings is 1. The van der Waals surface area contributed by atoms with Gasteiger partial charge in [-0.2, -0.15) is 13.2 Å². The Kier molecular flexibility index (Phi) is 10.0. The molecule has 1 atom stereocenters. The molecule has 0 amide bonds. The lowest BCUT2D eigenvalue weighted by Crippen LogP contribution is -2.49. The highest BCUT2D eigenvalue weighted by Gasteiger charge is 2.33. The molecule has 2 N–H and O–H groups in total. The first-order valence-corrected chi connectivity index (χ1v) is 11.0. The minimum atomic E-state index is -4.38. The van der Waals surface area contributed by atoms with Crippen molar-refractivity contribution in [3.8, 4) is 0 Å². The van der Waals surface area contributed by atoms with E-state index in [1.807, 2.05) is 6.07 Å². The van der Waals surface area contributed by atoms with Crippen molar-refractivity contribution in [3.05, 3.63) is 52.0 Å². The smallest absolute Gasteiger partial charge is 0.356 e. The van der Waals surface area contributed by atoms with Crippen molar-refractivity contribution in [2.75, 3.05) is 26.7 Å². The van der Waals surface area contributed by atoms with E-state index in [0.29, 0.717) is 36.0 Å². The fraction of sp³-hybridized carbons (Fsp3) is 0.524. The van der Waals surface area contributed by atoms with E-state index in [1.165, 1.54) is 5.56 Å². The quantitative estimate of drug-likeness (QED) is 0.302. The van der Waals surface area contributed by atoms with Crippen molar-refractivity contribution in [3.63, 3.8) is 0 Å². The summed E-state index contributed by atoms with van der Waals surface area (Å²) < 4.78 is 37.9. The van der Waals surface area contributed by atoms with Crippen molar-refractivity contribution >= 4 is 41.3 Å². The van der Waals surface area contributed by atoms with Gasteiger partial charge in [0.05, 0.1) is 5.01 Å². The summed E-state index contributed by atoms with van der Waals surface area (Å²) in [6.45, 7) is 4.73. The van der Waals surface area contributed by atoms with E-state index >= 15 is 0 Å². The Morgan fingerprint density at radius 2 is 1.94 bits per heavy atom. The normalized spacial score (nSPS) is 17.1. The number of guanidine groups is 1. The Bertz CT molecular complexity index is 820. The van der Waals surface area contributed by atoms with Crippen LogP contribution in [0.25, 0.3) is 0 Å². The second-order valence-corrected chi connectivity index (χ2v) is 8.36. The molecule has 10 heteroatoms. The molecule has 0 radical (unpaired) electrons. The highest BCUT2D eigenvalue weighted by Crippen LogP contribution is 2.30. The monoisotopic (exact) mass is 567 g/mol. The SMILES string of the molecule is CN=C(NCCc1nc(C(F)(F)F)cs1)NC1CCN(C(C)c2ccccc2)CC1.I. The topological polar surface area (TPSA) is 52.6 Å². The largest absolute Gasteiger partial charge is 0.434 e. The first kappa shape index (κ1) is 25.9. The van der Waals surface area contributed by atoms with Gasteiger partial charge >= 0.3 is 6.18 Å². The van der Waals surface area contributed by atoms with E-state index in [-0.39, 0.29) is 24.0 Å². The van der Waals surface area contributed by atoms with Gasteiger partial charge in [-0.05, 0) is 25.3 Å². The molecule has 0 saturated carbocycles. The third-order valence-corrected chi connectivity index (χ3v) is 6.31. The Labute approximate surface area is 202 Å². The minimum Gasteiger partial charge on any atom is -0.356 e. The van der Waals surface area contributed by atoms with Crippen LogP contribution in [0, 0.1) is 0 Å². The number of aliphatic imine (C=N–C) groups is 1. The average molecular weight is 567 g/mol. The molecule has 1 aliphatic rings. The summed E-state index contributed by atoms with van der Waals surface area (Å²) in [7, 11) is 1.70. The number of aromatic nitrogens is 1. The van der Waals surface area contributed by atoms with Crippen molar-refractivity contribution in [1.29, 1.82) is 0 Å². The maximum atomic E-state index is 12.6. The van der Waals surface area contributed by atoms with Crippen LogP contribution in [0.2, 0.25) is 0 Å². The Morgan fingerprint density at radius 3 is 2.52 bits per heavy atom. The van der Waals surface area contributed by atoms with Gasteiger partial charge in [-0.15, -0.1) is 35.3 Å². The molecule has 172 valence electrons. The van der Waals surface area contributed by atoms with Crippen LogP contribution >= 0.6 is 35.3 Å². The van der Waals surface area contributed by atoms with Gasteiger partial charge in [-0.3, -0.25) is 9.89 Å². The number of halogens is 4. The summed E-state index contributed by atoms with van der Waals surface area (Å²) in [5.41, 5.74) is 0.513. The second-order valence-electron chi connectivity index (χ2n) is 7.41. The van der Waals surface area contributed by atoms with Crippen LogP contribution in [0.5, 0.6) is 0 Å². The highest BCUT2D eigenvalue weighted by atomic mass is 127. The highest BCUT2D eigenvalue weighted by molar-refractivity contribution is 14.0. The fourth-order valence-corrected chi connectivity index (χ4v) is 4.41. The molecule has 2 heterocycles. The van der Waals surface area contributed by atoms with Gasteiger partial charge in [0.25, 0.3) is 0 Å². The molecular weight excluding hydrogens is 538 g/mol.